The highest BCUT2D eigenvalue weighted by Gasteiger charge is 2.09. The first kappa shape index (κ1) is 16.5. The van der Waals surface area contributed by atoms with Gasteiger partial charge in [0.25, 0.3) is 0 Å². The molecule has 4 nitrogen and oxygen atoms in total. The van der Waals surface area contributed by atoms with E-state index < -0.39 is 5.97 Å². The first-order valence-corrected chi connectivity index (χ1v) is 7.01. The van der Waals surface area contributed by atoms with E-state index >= 15 is 0 Å². The number of aliphatic carboxylic acids is 1. The lowest BCUT2D eigenvalue weighted by molar-refractivity contribution is -0.136. The summed E-state index contributed by atoms with van der Waals surface area (Å²) in [5.74, 6) is 0.0866. The number of carboxylic acids is 1. The normalized spacial score (nSPS) is 11.3. The molecule has 1 aromatic carbocycles. The van der Waals surface area contributed by atoms with Crippen LogP contribution >= 0.6 is 0 Å². The van der Waals surface area contributed by atoms with Crippen molar-refractivity contribution in [2.75, 3.05) is 13.2 Å². The fourth-order valence-corrected chi connectivity index (χ4v) is 1.65. The predicted octanol–water partition coefficient (Wildman–Crippen LogP) is 3.07. The molecule has 0 unspecified atom stereocenters. The Hall–Kier alpha value is -1.55. The number of ether oxygens (including phenoxy) is 1. The predicted molar refractivity (Wildman–Crippen MR) is 80.0 cm³/mol. The van der Waals surface area contributed by atoms with Gasteiger partial charge in [0.05, 0.1) is 13.0 Å². The van der Waals surface area contributed by atoms with E-state index in [1.807, 2.05) is 24.3 Å². The smallest absolute Gasteiger partial charge is 0.304 e. The molecular weight excluding hydrogens is 254 g/mol. The molecule has 0 aliphatic heterocycles. The Morgan fingerprint density at radius 3 is 2.75 bits per heavy atom. The van der Waals surface area contributed by atoms with Crippen molar-refractivity contribution >= 4 is 5.97 Å². The molecule has 2 N–H and O–H groups in total. The summed E-state index contributed by atoms with van der Waals surface area (Å²) in [4.78, 5) is 10.4. The summed E-state index contributed by atoms with van der Waals surface area (Å²) in [6.07, 6.45) is 1.15. The van der Waals surface area contributed by atoms with Gasteiger partial charge in [0, 0.05) is 13.1 Å². The molecule has 0 heterocycles. The maximum absolute atomic E-state index is 10.4. The Bertz CT molecular complexity index is 424. The van der Waals surface area contributed by atoms with E-state index in [0.717, 1.165) is 17.7 Å². The lowest BCUT2D eigenvalue weighted by atomic mass is 9.93. The number of rotatable bonds is 8. The van der Waals surface area contributed by atoms with Crippen molar-refractivity contribution in [3.63, 3.8) is 0 Å². The van der Waals surface area contributed by atoms with Gasteiger partial charge in [-0.2, -0.15) is 0 Å². The molecule has 112 valence electrons. The first-order chi connectivity index (χ1) is 9.37. The molecule has 0 radical (unpaired) electrons. The zero-order valence-electron chi connectivity index (χ0n) is 12.6. The average Bonchev–Trinajstić information content (AvgIpc) is 2.33. The second kappa shape index (κ2) is 7.90. The third-order valence-corrected chi connectivity index (χ3v) is 2.86. The van der Waals surface area contributed by atoms with Crippen LogP contribution in [0.2, 0.25) is 0 Å². The molecule has 0 atom stereocenters. The van der Waals surface area contributed by atoms with E-state index in [1.54, 1.807) is 0 Å². The number of carboxylic acid groups (broad SMARTS) is 1. The van der Waals surface area contributed by atoms with Crippen molar-refractivity contribution < 1.29 is 14.6 Å². The van der Waals surface area contributed by atoms with E-state index in [1.165, 1.54) is 0 Å². The molecule has 0 aromatic heterocycles. The van der Waals surface area contributed by atoms with Crippen LogP contribution in [-0.2, 0) is 11.3 Å². The minimum atomic E-state index is -0.781. The minimum absolute atomic E-state index is 0.141. The molecule has 0 fully saturated rings. The van der Waals surface area contributed by atoms with Gasteiger partial charge in [-0.1, -0.05) is 32.9 Å². The van der Waals surface area contributed by atoms with Crippen molar-refractivity contribution in [3.05, 3.63) is 29.8 Å². The maximum Gasteiger partial charge on any atom is 0.304 e. The summed E-state index contributed by atoms with van der Waals surface area (Å²) >= 11 is 0. The van der Waals surface area contributed by atoms with Crippen molar-refractivity contribution in [2.45, 2.75) is 40.2 Å². The summed E-state index contributed by atoms with van der Waals surface area (Å²) in [7, 11) is 0. The lowest BCUT2D eigenvalue weighted by Crippen LogP contribution is -2.17. The zero-order chi connectivity index (χ0) is 15.0. The van der Waals surface area contributed by atoms with Gasteiger partial charge in [0.2, 0.25) is 0 Å². The quantitative estimate of drug-likeness (QED) is 0.718. The summed E-state index contributed by atoms with van der Waals surface area (Å²) in [5.41, 5.74) is 1.37. The highest BCUT2D eigenvalue weighted by molar-refractivity contribution is 5.66. The largest absolute Gasteiger partial charge is 0.494 e. The highest BCUT2D eigenvalue weighted by Crippen LogP contribution is 2.20. The summed E-state index contributed by atoms with van der Waals surface area (Å²) in [5, 5.41) is 11.7. The van der Waals surface area contributed by atoms with Crippen LogP contribution in [0.3, 0.4) is 0 Å². The van der Waals surface area contributed by atoms with Crippen molar-refractivity contribution in [1.29, 1.82) is 0 Å². The van der Waals surface area contributed by atoms with Gasteiger partial charge in [-0.25, -0.2) is 0 Å². The Kier molecular flexibility index (Phi) is 6.52. The Morgan fingerprint density at radius 1 is 1.35 bits per heavy atom. The lowest BCUT2D eigenvalue weighted by Gasteiger charge is -2.18. The van der Waals surface area contributed by atoms with Crippen LogP contribution in [0.25, 0.3) is 0 Å². The standard InChI is InChI=1S/C16H25NO3/c1-16(2,3)8-10-20-14-6-4-5-13(11-14)12-17-9-7-15(18)19/h4-6,11,17H,7-10,12H2,1-3H3,(H,18,19). The number of benzene rings is 1. The average molecular weight is 279 g/mol. The molecule has 0 aliphatic carbocycles. The van der Waals surface area contributed by atoms with Gasteiger partial charge in [-0.15, -0.1) is 0 Å². The van der Waals surface area contributed by atoms with E-state index in [9.17, 15) is 4.79 Å². The summed E-state index contributed by atoms with van der Waals surface area (Å²) < 4.78 is 5.75. The summed E-state index contributed by atoms with van der Waals surface area (Å²) in [6, 6.07) is 7.91. The van der Waals surface area contributed by atoms with Crippen LogP contribution in [0.15, 0.2) is 24.3 Å². The van der Waals surface area contributed by atoms with Gasteiger partial charge >= 0.3 is 5.97 Å². The van der Waals surface area contributed by atoms with Gasteiger partial charge in [0.1, 0.15) is 5.75 Å². The van der Waals surface area contributed by atoms with Crippen LogP contribution in [0, 0.1) is 5.41 Å². The third kappa shape index (κ3) is 7.79. The van der Waals surface area contributed by atoms with E-state index in [0.29, 0.717) is 19.7 Å². The molecule has 0 saturated heterocycles. The highest BCUT2D eigenvalue weighted by atomic mass is 16.5. The van der Waals surface area contributed by atoms with E-state index in [2.05, 4.69) is 26.1 Å². The van der Waals surface area contributed by atoms with Crippen molar-refractivity contribution in [3.8, 4) is 5.75 Å². The number of nitrogens with one attached hydrogen (secondary N) is 1. The fourth-order valence-electron chi connectivity index (χ4n) is 1.65. The Balaban J connectivity index is 2.35. The molecular formula is C16H25NO3. The van der Waals surface area contributed by atoms with Crippen LogP contribution in [-0.4, -0.2) is 24.2 Å². The molecule has 20 heavy (non-hydrogen) atoms. The number of carbonyl (C=O) groups is 1. The SMILES string of the molecule is CC(C)(C)CCOc1cccc(CNCCC(=O)O)c1. The minimum Gasteiger partial charge on any atom is -0.494 e. The molecule has 4 heteroatoms. The van der Waals surface area contributed by atoms with Crippen molar-refractivity contribution in [1.82, 2.24) is 5.32 Å². The molecule has 0 amide bonds. The van der Waals surface area contributed by atoms with Gasteiger partial charge in [0.15, 0.2) is 0 Å². The molecule has 0 spiro atoms. The molecule has 1 rings (SSSR count). The van der Waals surface area contributed by atoms with Gasteiger partial charge in [-0.3, -0.25) is 4.79 Å². The first-order valence-electron chi connectivity index (χ1n) is 7.01. The third-order valence-electron chi connectivity index (χ3n) is 2.86. The maximum atomic E-state index is 10.4. The summed E-state index contributed by atoms with van der Waals surface area (Å²) in [6.45, 7) is 8.42. The fraction of sp³-hybridized carbons (Fsp3) is 0.562. The van der Waals surface area contributed by atoms with Crippen LogP contribution in [0.1, 0.15) is 39.2 Å². The molecule has 0 aliphatic rings. The van der Waals surface area contributed by atoms with Gasteiger partial charge < -0.3 is 15.2 Å². The number of hydrogen-bond donors (Lipinski definition) is 2. The number of hydrogen-bond acceptors (Lipinski definition) is 3. The second-order valence-electron chi connectivity index (χ2n) is 6.13. The van der Waals surface area contributed by atoms with Crippen LogP contribution in [0.5, 0.6) is 5.75 Å². The molecule has 0 bridgehead atoms. The monoisotopic (exact) mass is 279 g/mol. The van der Waals surface area contributed by atoms with E-state index in [4.69, 9.17) is 9.84 Å². The topological polar surface area (TPSA) is 58.6 Å². The van der Waals surface area contributed by atoms with E-state index in [-0.39, 0.29) is 11.8 Å². The molecule has 1 aromatic rings. The zero-order valence-corrected chi connectivity index (χ0v) is 12.6. The molecule has 0 saturated carbocycles. The van der Waals surface area contributed by atoms with Crippen molar-refractivity contribution in [2.24, 2.45) is 5.41 Å². The second-order valence-corrected chi connectivity index (χ2v) is 6.13. The van der Waals surface area contributed by atoms with Gasteiger partial charge in [-0.05, 0) is 29.5 Å². The van der Waals surface area contributed by atoms with Crippen LogP contribution < -0.4 is 10.1 Å². The Morgan fingerprint density at radius 2 is 2.10 bits per heavy atom. The van der Waals surface area contributed by atoms with Crippen LogP contribution in [0.4, 0.5) is 0 Å². The Labute approximate surface area is 121 Å².